The number of nitrogens with zero attached hydrogens (tertiary/aromatic N) is 1. The highest BCUT2D eigenvalue weighted by Gasteiger charge is 2.19. The van der Waals surface area contributed by atoms with Crippen LogP contribution in [0.2, 0.25) is 0 Å². The number of carbonyl (C=O) groups is 2. The maximum Gasteiger partial charge on any atom is 0.323 e. The van der Waals surface area contributed by atoms with Gasteiger partial charge >= 0.3 is 5.97 Å². The summed E-state index contributed by atoms with van der Waals surface area (Å²) in [5.74, 6) is -1.12. The van der Waals surface area contributed by atoms with Crippen molar-refractivity contribution in [1.29, 1.82) is 0 Å². The van der Waals surface area contributed by atoms with Gasteiger partial charge in [-0.2, -0.15) is 0 Å². The molecule has 0 saturated heterocycles. The van der Waals surface area contributed by atoms with E-state index in [-0.39, 0.29) is 18.4 Å². The molecule has 5 heteroatoms. The molecule has 0 aromatic heterocycles. The average Bonchev–Trinajstić information content (AvgIpc) is 2.43. The molecule has 0 heterocycles. The molecule has 0 spiro atoms. The van der Waals surface area contributed by atoms with Crippen molar-refractivity contribution < 1.29 is 19.4 Å². The quantitative estimate of drug-likeness (QED) is 0.787. The zero-order chi connectivity index (χ0) is 15.0. The number of ether oxygens (including phenoxy) is 1. The summed E-state index contributed by atoms with van der Waals surface area (Å²) in [7, 11) is 1.52. The Bertz CT molecular complexity index is 433. The van der Waals surface area contributed by atoms with E-state index in [0.717, 1.165) is 5.56 Å². The Morgan fingerprint density at radius 1 is 1.30 bits per heavy atom. The molecule has 0 saturated carbocycles. The normalized spacial score (nSPS) is 11.9. The number of aliphatic carboxylic acids is 1. The molecule has 0 radical (unpaired) electrons. The van der Waals surface area contributed by atoms with Gasteiger partial charge in [0.15, 0.2) is 0 Å². The first-order valence-corrected chi connectivity index (χ1v) is 6.58. The molecule has 0 aliphatic rings. The van der Waals surface area contributed by atoms with E-state index in [1.807, 2.05) is 37.3 Å². The smallest absolute Gasteiger partial charge is 0.323 e. The highest BCUT2D eigenvalue weighted by Crippen LogP contribution is 2.19. The highest BCUT2D eigenvalue weighted by atomic mass is 16.5. The SMILES string of the molecule is COCCN(CC(=O)O)C(=O)CC(C)c1ccccc1. The van der Waals surface area contributed by atoms with Crippen LogP contribution in [-0.4, -0.2) is 48.7 Å². The van der Waals surface area contributed by atoms with Crippen LogP contribution in [-0.2, 0) is 14.3 Å². The Balaban J connectivity index is 2.62. The van der Waals surface area contributed by atoms with Gasteiger partial charge in [0, 0.05) is 20.1 Å². The molecule has 0 aliphatic heterocycles. The lowest BCUT2D eigenvalue weighted by Gasteiger charge is -2.22. The minimum absolute atomic E-state index is 0.0579. The third kappa shape index (κ3) is 5.40. The predicted molar refractivity (Wildman–Crippen MR) is 75.6 cm³/mol. The number of amides is 1. The van der Waals surface area contributed by atoms with Crippen LogP contribution in [0.1, 0.15) is 24.8 Å². The van der Waals surface area contributed by atoms with Crippen molar-refractivity contribution >= 4 is 11.9 Å². The number of hydrogen-bond donors (Lipinski definition) is 1. The van der Waals surface area contributed by atoms with E-state index in [1.54, 1.807) is 0 Å². The van der Waals surface area contributed by atoms with Crippen LogP contribution in [0, 0.1) is 0 Å². The van der Waals surface area contributed by atoms with Crippen LogP contribution in [0.3, 0.4) is 0 Å². The van der Waals surface area contributed by atoms with Crippen molar-refractivity contribution in [1.82, 2.24) is 4.90 Å². The molecular weight excluding hydrogens is 258 g/mol. The fourth-order valence-electron chi connectivity index (χ4n) is 1.95. The molecule has 20 heavy (non-hydrogen) atoms. The van der Waals surface area contributed by atoms with E-state index < -0.39 is 5.97 Å². The highest BCUT2D eigenvalue weighted by molar-refractivity contribution is 5.81. The van der Waals surface area contributed by atoms with Crippen LogP contribution < -0.4 is 0 Å². The Kier molecular flexibility index (Phi) is 6.73. The number of hydrogen-bond acceptors (Lipinski definition) is 3. The minimum Gasteiger partial charge on any atom is -0.480 e. The summed E-state index contributed by atoms with van der Waals surface area (Å²) in [6.45, 7) is 2.30. The Hall–Kier alpha value is -1.88. The summed E-state index contributed by atoms with van der Waals surface area (Å²) < 4.78 is 4.91. The summed E-state index contributed by atoms with van der Waals surface area (Å²) in [5.41, 5.74) is 1.07. The molecule has 1 N–H and O–H groups in total. The van der Waals surface area contributed by atoms with Gasteiger partial charge < -0.3 is 14.7 Å². The van der Waals surface area contributed by atoms with E-state index in [4.69, 9.17) is 9.84 Å². The number of rotatable bonds is 8. The molecule has 0 fully saturated rings. The first kappa shape index (κ1) is 16.2. The molecule has 1 aromatic carbocycles. The standard InChI is InChI=1S/C15H21NO4/c1-12(13-6-4-3-5-7-13)10-14(17)16(8-9-20-2)11-15(18)19/h3-7,12H,8-11H2,1-2H3,(H,18,19). The molecule has 1 aromatic rings. The summed E-state index contributed by atoms with van der Waals surface area (Å²) in [6.07, 6.45) is 0.293. The summed E-state index contributed by atoms with van der Waals surface area (Å²) in [5, 5.41) is 8.85. The average molecular weight is 279 g/mol. The maximum atomic E-state index is 12.2. The number of carboxylic acids is 1. The molecule has 1 atom stereocenters. The summed E-state index contributed by atoms with van der Waals surface area (Å²) in [6, 6.07) is 9.71. The first-order valence-electron chi connectivity index (χ1n) is 6.58. The van der Waals surface area contributed by atoms with Gasteiger partial charge in [0.25, 0.3) is 0 Å². The topological polar surface area (TPSA) is 66.8 Å². The Labute approximate surface area is 119 Å². The Morgan fingerprint density at radius 2 is 1.95 bits per heavy atom. The predicted octanol–water partition coefficient (Wildman–Crippen LogP) is 1.74. The van der Waals surface area contributed by atoms with Crippen molar-refractivity contribution in [2.45, 2.75) is 19.3 Å². The van der Waals surface area contributed by atoms with Crippen molar-refractivity contribution in [3.8, 4) is 0 Å². The fourth-order valence-corrected chi connectivity index (χ4v) is 1.95. The van der Waals surface area contributed by atoms with Gasteiger partial charge in [0.1, 0.15) is 6.54 Å². The lowest BCUT2D eigenvalue weighted by Crippen LogP contribution is -2.38. The molecule has 0 aliphatic carbocycles. The van der Waals surface area contributed by atoms with Gasteiger partial charge in [-0.05, 0) is 11.5 Å². The van der Waals surface area contributed by atoms with Gasteiger partial charge in [-0.15, -0.1) is 0 Å². The fraction of sp³-hybridized carbons (Fsp3) is 0.467. The van der Waals surface area contributed by atoms with Crippen LogP contribution in [0.5, 0.6) is 0 Å². The van der Waals surface area contributed by atoms with Crippen LogP contribution in [0.25, 0.3) is 0 Å². The number of methoxy groups -OCH3 is 1. The second kappa shape index (κ2) is 8.32. The van der Waals surface area contributed by atoms with E-state index in [9.17, 15) is 9.59 Å². The van der Waals surface area contributed by atoms with Crippen molar-refractivity contribution in [3.05, 3.63) is 35.9 Å². The molecule has 5 nitrogen and oxygen atoms in total. The minimum atomic E-state index is -1.01. The van der Waals surface area contributed by atoms with Gasteiger partial charge in [-0.1, -0.05) is 37.3 Å². The van der Waals surface area contributed by atoms with E-state index in [0.29, 0.717) is 19.6 Å². The van der Waals surface area contributed by atoms with Crippen molar-refractivity contribution in [2.24, 2.45) is 0 Å². The van der Waals surface area contributed by atoms with Gasteiger partial charge in [0.2, 0.25) is 5.91 Å². The Morgan fingerprint density at radius 3 is 2.50 bits per heavy atom. The number of benzene rings is 1. The molecule has 1 rings (SSSR count). The third-order valence-electron chi connectivity index (χ3n) is 3.09. The molecule has 0 bridgehead atoms. The summed E-state index contributed by atoms with van der Waals surface area (Å²) in [4.78, 5) is 24.3. The second-order valence-corrected chi connectivity index (χ2v) is 4.72. The number of carboxylic acid groups (broad SMARTS) is 1. The molecule has 1 amide bonds. The molecule has 110 valence electrons. The maximum absolute atomic E-state index is 12.2. The van der Waals surface area contributed by atoms with Gasteiger partial charge in [-0.3, -0.25) is 9.59 Å². The van der Waals surface area contributed by atoms with Crippen molar-refractivity contribution in [3.63, 3.8) is 0 Å². The van der Waals surface area contributed by atoms with Crippen molar-refractivity contribution in [2.75, 3.05) is 26.8 Å². The third-order valence-corrected chi connectivity index (χ3v) is 3.09. The second-order valence-electron chi connectivity index (χ2n) is 4.72. The monoisotopic (exact) mass is 279 g/mol. The van der Waals surface area contributed by atoms with Crippen LogP contribution >= 0.6 is 0 Å². The summed E-state index contributed by atoms with van der Waals surface area (Å²) >= 11 is 0. The largest absolute Gasteiger partial charge is 0.480 e. The zero-order valence-corrected chi connectivity index (χ0v) is 11.9. The molecule has 1 unspecified atom stereocenters. The molecular formula is C15H21NO4. The van der Waals surface area contributed by atoms with Crippen LogP contribution in [0.15, 0.2) is 30.3 Å². The lowest BCUT2D eigenvalue weighted by atomic mass is 9.97. The van der Waals surface area contributed by atoms with Gasteiger partial charge in [0.05, 0.1) is 6.61 Å². The zero-order valence-electron chi connectivity index (χ0n) is 11.9. The van der Waals surface area contributed by atoms with E-state index in [2.05, 4.69) is 0 Å². The van der Waals surface area contributed by atoms with Crippen LogP contribution in [0.4, 0.5) is 0 Å². The van der Waals surface area contributed by atoms with E-state index in [1.165, 1.54) is 12.0 Å². The first-order chi connectivity index (χ1) is 9.54. The van der Waals surface area contributed by atoms with E-state index >= 15 is 0 Å². The van der Waals surface area contributed by atoms with Gasteiger partial charge in [-0.25, -0.2) is 0 Å². The number of carbonyl (C=O) groups excluding carboxylic acids is 1. The lowest BCUT2D eigenvalue weighted by molar-refractivity contribution is -0.145.